The smallest absolute Gasteiger partial charge is 0.303 e. The Bertz CT molecular complexity index is 893. The molecule has 3 rings (SSSR count). The summed E-state index contributed by atoms with van der Waals surface area (Å²) in [6, 6.07) is 16.1. The lowest BCUT2D eigenvalue weighted by Gasteiger charge is -2.13. The maximum Gasteiger partial charge on any atom is 0.303 e. The van der Waals surface area contributed by atoms with Gasteiger partial charge in [0, 0.05) is 18.0 Å². The Balaban J connectivity index is 2.04. The quantitative estimate of drug-likeness (QED) is 0.557. The first-order valence-electron chi connectivity index (χ1n) is 8.90. The largest absolute Gasteiger partial charge is 0.458 e. The van der Waals surface area contributed by atoms with Crippen LogP contribution in [-0.2, 0) is 22.7 Å². The highest BCUT2D eigenvalue weighted by atomic mass is 32.2. The number of nitrogens with zero attached hydrogens (tertiary/aromatic N) is 3. The molecular weight excluding hydrogens is 358 g/mol. The van der Waals surface area contributed by atoms with Gasteiger partial charge in [-0.2, -0.15) is 0 Å². The lowest BCUT2D eigenvalue weighted by molar-refractivity contribution is -0.142. The first-order chi connectivity index (χ1) is 13.0. The second-order valence-electron chi connectivity index (χ2n) is 6.48. The van der Waals surface area contributed by atoms with E-state index in [0.29, 0.717) is 6.54 Å². The zero-order valence-corrected chi connectivity index (χ0v) is 16.6. The van der Waals surface area contributed by atoms with E-state index in [1.165, 1.54) is 6.92 Å². The third kappa shape index (κ3) is 4.98. The number of hydrogen-bond acceptors (Lipinski definition) is 5. The zero-order chi connectivity index (χ0) is 19.2. The number of carbonyl (C=O) groups excluding carboxylic acids is 1. The Hall–Kier alpha value is -2.60. The van der Waals surface area contributed by atoms with Crippen LogP contribution in [0.1, 0.15) is 43.9 Å². The molecule has 0 N–H and O–H groups in total. The summed E-state index contributed by atoms with van der Waals surface area (Å²) in [5.41, 5.74) is 1.94. The van der Waals surface area contributed by atoms with Crippen LogP contribution in [-0.4, -0.2) is 20.5 Å². The summed E-state index contributed by atoms with van der Waals surface area (Å²) in [4.78, 5) is 21.7. The Morgan fingerprint density at radius 2 is 1.89 bits per heavy atom. The number of aromatic nitrogens is 3. The second-order valence-corrected chi connectivity index (χ2v) is 7.54. The Morgan fingerprint density at radius 3 is 2.52 bits per heavy atom. The molecule has 3 aromatic rings. The molecule has 0 atom stereocenters. The molecule has 1 aromatic carbocycles. The predicted octanol–water partition coefficient (Wildman–Crippen LogP) is 4.66. The molecule has 0 spiro atoms. The first kappa shape index (κ1) is 19.2. The van der Waals surface area contributed by atoms with Gasteiger partial charge in [0.2, 0.25) is 0 Å². The van der Waals surface area contributed by atoms with Crippen molar-refractivity contribution in [3.63, 3.8) is 0 Å². The lowest BCUT2D eigenvalue weighted by atomic mass is 10.1. The van der Waals surface area contributed by atoms with Crippen molar-refractivity contribution in [2.75, 3.05) is 0 Å². The van der Waals surface area contributed by atoms with Crippen molar-refractivity contribution in [2.45, 2.75) is 49.8 Å². The van der Waals surface area contributed by atoms with E-state index in [2.05, 4.69) is 35.5 Å². The minimum absolute atomic E-state index is 0.150. The molecule has 0 radical (unpaired) electrons. The highest BCUT2D eigenvalue weighted by Crippen LogP contribution is 2.35. The van der Waals surface area contributed by atoms with Crippen molar-refractivity contribution < 1.29 is 9.53 Å². The first-order valence-corrected chi connectivity index (χ1v) is 9.71. The van der Waals surface area contributed by atoms with Gasteiger partial charge in [0.05, 0.1) is 17.9 Å². The SMILES string of the molecule is CC(=O)OCc1nc(C(C)C)c(Sc2ccccc2)n1Cc1ccccn1. The van der Waals surface area contributed by atoms with Gasteiger partial charge in [-0.1, -0.05) is 49.9 Å². The monoisotopic (exact) mass is 381 g/mol. The van der Waals surface area contributed by atoms with E-state index >= 15 is 0 Å². The molecular formula is C21H23N3O2S. The molecule has 0 saturated carbocycles. The van der Waals surface area contributed by atoms with Gasteiger partial charge < -0.3 is 9.30 Å². The Labute approximate surface area is 163 Å². The van der Waals surface area contributed by atoms with Gasteiger partial charge in [0.25, 0.3) is 0 Å². The topological polar surface area (TPSA) is 57.0 Å². The summed E-state index contributed by atoms with van der Waals surface area (Å²) >= 11 is 1.68. The van der Waals surface area contributed by atoms with Crippen molar-refractivity contribution in [3.8, 4) is 0 Å². The number of esters is 1. The number of hydrogen-bond donors (Lipinski definition) is 0. The fourth-order valence-electron chi connectivity index (χ4n) is 2.68. The van der Waals surface area contributed by atoms with E-state index in [1.54, 1.807) is 18.0 Å². The van der Waals surface area contributed by atoms with Gasteiger partial charge in [0.15, 0.2) is 0 Å². The molecule has 5 nitrogen and oxygen atoms in total. The van der Waals surface area contributed by atoms with Gasteiger partial charge in [-0.3, -0.25) is 9.78 Å². The standard InChI is InChI=1S/C21H23N3O2S/c1-15(2)20-21(27-18-10-5-4-6-11-18)24(13-17-9-7-8-12-22-17)19(23-20)14-26-16(3)25/h4-12,15H,13-14H2,1-3H3. The fraction of sp³-hybridized carbons (Fsp3) is 0.286. The van der Waals surface area contributed by atoms with Gasteiger partial charge >= 0.3 is 5.97 Å². The molecule has 0 aliphatic rings. The summed E-state index contributed by atoms with van der Waals surface area (Å²) < 4.78 is 7.36. The highest BCUT2D eigenvalue weighted by Gasteiger charge is 2.21. The molecule has 0 aliphatic carbocycles. The minimum Gasteiger partial charge on any atom is -0.458 e. The number of ether oxygens (including phenoxy) is 1. The summed E-state index contributed by atoms with van der Waals surface area (Å²) in [5.74, 6) is 0.668. The number of imidazole rings is 1. The molecule has 0 unspecified atom stereocenters. The van der Waals surface area contributed by atoms with E-state index in [0.717, 1.165) is 27.1 Å². The van der Waals surface area contributed by atoms with Crippen molar-refractivity contribution in [3.05, 3.63) is 71.9 Å². The van der Waals surface area contributed by atoms with Crippen LogP contribution in [0.4, 0.5) is 0 Å². The van der Waals surface area contributed by atoms with E-state index in [4.69, 9.17) is 9.72 Å². The number of carbonyl (C=O) groups is 1. The Kier molecular flexibility index (Phi) is 6.29. The van der Waals surface area contributed by atoms with Crippen LogP contribution in [0.15, 0.2) is 64.6 Å². The molecule has 0 fully saturated rings. The average Bonchev–Trinajstić information content (AvgIpc) is 2.99. The van der Waals surface area contributed by atoms with Crippen molar-refractivity contribution in [1.29, 1.82) is 0 Å². The third-order valence-corrected chi connectivity index (χ3v) is 5.11. The molecule has 2 heterocycles. The molecule has 0 aliphatic heterocycles. The third-order valence-electron chi connectivity index (χ3n) is 3.98. The van der Waals surface area contributed by atoms with E-state index in [9.17, 15) is 4.79 Å². The normalized spacial score (nSPS) is 11.0. The molecule has 27 heavy (non-hydrogen) atoms. The van der Waals surface area contributed by atoms with Crippen LogP contribution in [0.2, 0.25) is 0 Å². The molecule has 0 saturated heterocycles. The van der Waals surface area contributed by atoms with Crippen LogP contribution >= 0.6 is 11.8 Å². The maximum absolute atomic E-state index is 11.3. The predicted molar refractivity (Wildman–Crippen MR) is 106 cm³/mol. The molecule has 0 bridgehead atoms. The number of benzene rings is 1. The van der Waals surface area contributed by atoms with Crippen molar-refractivity contribution in [2.24, 2.45) is 0 Å². The summed E-state index contributed by atoms with van der Waals surface area (Å²) in [7, 11) is 0. The average molecular weight is 382 g/mol. The van der Waals surface area contributed by atoms with Gasteiger partial charge in [0.1, 0.15) is 17.5 Å². The van der Waals surface area contributed by atoms with Crippen LogP contribution in [0.5, 0.6) is 0 Å². The highest BCUT2D eigenvalue weighted by molar-refractivity contribution is 7.99. The lowest BCUT2D eigenvalue weighted by Crippen LogP contribution is -2.10. The van der Waals surface area contributed by atoms with Crippen molar-refractivity contribution >= 4 is 17.7 Å². The van der Waals surface area contributed by atoms with Crippen LogP contribution in [0, 0.1) is 0 Å². The molecule has 6 heteroatoms. The summed E-state index contributed by atoms with van der Waals surface area (Å²) in [6.45, 7) is 6.38. The van der Waals surface area contributed by atoms with Crippen molar-refractivity contribution in [1.82, 2.24) is 14.5 Å². The molecule has 0 amide bonds. The van der Waals surface area contributed by atoms with Gasteiger partial charge in [-0.25, -0.2) is 4.98 Å². The summed E-state index contributed by atoms with van der Waals surface area (Å²) in [5, 5.41) is 1.06. The zero-order valence-electron chi connectivity index (χ0n) is 15.8. The number of rotatable bonds is 7. The fourth-order valence-corrected chi connectivity index (χ4v) is 3.86. The van der Waals surface area contributed by atoms with Crippen LogP contribution < -0.4 is 0 Å². The minimum atomic E-state index is -0.314. The van der Waals surface area contributed by atoms with E-state index in [1.807, 2.05) is 36.4 Å². The second kappa shape index (κ2) is 8.86. The summed E-state index contributed by atoms with van der Waals surface area (Å²) in [6.07, 6.45) is 1.78. The maximum atomic E-state index is 11.3. The Morgan fingerprint density at radius 1 is 1.15 bits per heavy atom. The van der Waals surface area contributed by atoms with E-state index < -0.39 is 0 Å². The van der Waals surface area contributed by atoms with E-state index in [-0.39, 0.29) is 18.5 Å². The van der Waals surface area contributed by atoms with Gasteiger partial charge in [-0.15, -0.1) is 0 Å². The van der Waals surface area contributed by atoms with Crippen LogP contribution in [0.25, 0.3) is 0 Å². The number of pyridine rings is 1. The molecule has 140 valence electrons. The van der Waals surface area contributed by atoms with Crippen LogP contribution in [0.3, 0.4) is 0 Å². The molecule has 2 aromatic heterocycles. The van der Waals surface area contributed by atoms with Gasteiger partial charge in [-0.05, 0) is 30.2 Å².